The number of imide groups is 1. The molecule has 3 amide bonds. The number of benzene rings is 1. The number of anilines is 1. The number of ether oxygens (including phenoxy) is 1. The lowest BCUT2D eigenvalue weighted by Gasteiger charge is -2.28. The van der Waals surface area contributed by atoms with E-state index < -0.39 is 41.0 Å². The maximum absolute atomic E-state index is 13.2. The molecule has 0 bridgehead atoms. The number of nitrogens with zero attached hydrogens (tertiary/aromatic N) is 3. The number of esters is 1. The molecule has 1 saturated heterocycles. The van der Waals surface area contributed by atoms with Crippen LogP contribution in [0.3, 0.4) is 0 Å². The van der Waals surface area contributed by atoms with Crippen LogP contribution in [0.2, 0.25) is 0 Å². The number of carbonyl (C=O) groups is 4. The van der Waals surface area contributed by atoms with Crippen LogP contribution in [0.15, 0.2) is 29.4 Å². The summed E-state index contributed by atoms with van der Waals surface area (Å²) in [6.07, 6.45) is 0. The predicted octanol–water partition coefficient (Wildman–Crippen LogP) is 0.855. The molecule has 0 aromatic heterocycles. The fourth-order valence-electron chi connectivity index (χ4n) is 3.28. The lowest BCUT2D eigenvalue weighted by molar-refractivity contribution is -0.142. The Morgan fingerprint density at radius 2 is 1.88 bits per heavy atom. The largest absolute Gasteiger partial charge is 0.461 e. The zero-order valence-corrected chi connectivity index (χ0v) is 14.4. The number of hydrogen-bond acceptors (Lipinski definition) is 6. The van der Waals surface area contributed by atoms with Crippen molar-refractivity contribution in [3.05, 3.63) is 30.1 Å². The van der Waals surface area contributed by atoms with Gasteiger partial charge in [-0.1, -0.05) is 0 Å². The van der Waals surface area contributed by atoms with Crippen LogP contribution >= 0.6 is 0 Å². The van der Waals surface area contributed by atoms with Crippen molar-refractivity contribution < 1.29 is 28.3 Å². The highest BCUT2D eigenvalue weighted by atomic mass is 19.1. The first-order valence-corrected chi connectivity index (χ1v) is 7.93. The molecule has 0 N–H and O–H groups in total. The van der Waals surface area contributed by atoms with Gasteiger partial charge in [0.25, 0.3) is 5.91 Å². The fourth-order valence-corrected chi connectivity index (χ4v) is 3.28. The summed E-state index contributed by atoms with van der Waals surface area (Å²) in [5.41, 5.74) is -1.84. The van der Waals surface area contributed by atoms with E-state index >= 15 is 0 Å². The molecule has 136 valence electrons. The Bertz CT molecular complexity index is 850. The van der Waals surface area contributed by atoms with Crippen molar-refractivity contribution in [2.75, 3.05) is 11.5 Å². The minimum atomic E-state index is -1.68. The highest BCUT2D eigenvalue weighted by molar-refractivity contribution is 6.47. The molecule has 1 aromatic rings. The van der Waals surface area contributed by atoms with Crippen molar-refractivity contribution in [3.8, 4) is 0 Å². The summed E-state index contributed by atoms with van der Waals surface area (Å²) in [4.78, 5) is 51.0. The van der Waals surface area contributed by atoms with E-state index in [0.29, 0.717) is 0 Å². The van der Waals surface area contributed by atoms with Crippen molar-refractivity contribution in [1.82, 2.24) is 5.01 Å². The molecular formula is C17H16FN3O5. The third kappa shape index (κ3) is 2.31. The molecule has 1 aromatic carbocycles. The average molecular weight is 361 g/mol. The molecule has 26 heavy (non-hydrogen) atoms. The van der Waals surface area contributed by atoms with Gasteiger partial charge < -0.3 is 4.74 Å². The fraction of sp³-hybridized carbons (Fsp3) is 0.353. The molecule has 0 radical (unpaired) electrons. The lowest BCUT2D eigenvalue weighted by Crippen LogP contribution is -2.52. The molecule has 2 atom stereocenters. The van der Waals surface area contributed by atoms with E-state index in [4.69, 9.17) is 4.74 Å². The summed E-state index contributed by atoms with van der Waals surface area (Å²) in [6.45, 7) is 4.18. The van der Waals surface area contributed by atoms with Crippen molar-refractivity contribution in [3.63, 3.8) is 0 Å². The first-order valence-electron chi connectivity index (χ1n) is 7.93. The molecule has 2 aliphatic heterocycles. The molecule has 1 fully saturated rings. The van der Waals surface area contributed by atoms with Crippen LogP contribution in [0, 0.1) is 11.7 Å². The van der Waals surface area contributed by atoms with Gasteiger partial charge in [-0.3, -0.25) is 14.4 Å². The van der Waals surface area contributed by atoms with Crippen LogP contribution in [0.25, 0.3) is 0 Å². The summed E-state index contributed by atoms with van der Waals surface area (Å²) in [5.74, 6) is -4.73. The summed E-state index contributed by atoms with van der Waals surface area (Å²) in [5, 5.41) is 4.74. The minimum Gasteiger partial charge on any atom is -0.461 e. The number of rotatable bonds is 3. The molecule has 2 heterocycles. The van der Waals surface area contributed by atoms with Gasteiger partial charge in [-0.15, -0.1) is 0 Å². The summed E-state index contributed by atoms with van der Waals surface area (Å²) in [7, 11) is 0. The Hall–Kier alpha value is -3.10. The molecule has 8 nitrogen and oxygen atoms in total. The Morgan fingerprint density at radius 3 is 2.42 bits per heavy atom. The van der Waals surface area contributed by atoms with E-state index in [1.54, 1.807) is 6.92 Å². The van der Waals surface area contributed by atoms with Gasteiger partial charge in [0, 0.05) is 6.92 Å². The van der Waals surface area contributed by atoms with E-state index in [1.165, 1.54) is 26.0 Å². The van der Waals surface area contributed by atoms with Gasteiger partial charge in [-0.25, -0.2) is 19.1 Å². The van der Waals surface area contributed by atoms with Crippen LogP contribution in [0.5, 0.6) is 0 Å². The van der Waals surface area contributed by atoms with E-state index in [0.717, 1.165) is 22.0 Å². The number of hydrogen-bond donors (Lipinski definition) is 0. The number of carbonyl (C=O) groups excluding carboxylic acids is 4. The van der Waals surface area contributed by atoms with E-state index in [9.17, 15) is 23.6 Å². The van der Waals surface area contributed by atoms with Crippen LogP contribution in [0.1, 0.15) is 20.8 Å². The zero-order valence-electron chi connectivity index (χ0n) is 14.4. The number of hydrazone groups is 1. The maximum atomic E-state index is 13.2. The van der Waals surface area contributed by atoms with Gasteiger partial charge in [-0.05, 0) is 38.1 Å². The third-order valence-corrected chi connectivity index (χ3v) is 4.45. The zero-order chi connectivity index (χ0) is 19.2. The molecule has 3 rings (SSSR count). The molecular weight excluding hydrogens is 345 g/mol. The van der Waals surface area contributed by atoms with Crippen molar-refractivity contribution in [1.29, 1.82) is 0 Å². The number of halogens is 1. The standard InChI is InChI=1S/C17H16FN3O5/c1-4-26-15(24)13-12-14(23)20(11-7-5-10(18)6-8-11)16(25)17(12,3)21(19-13)9(2)22/h5-8,12H,4H2,1-3H3. The van der Waals surface area contributed by atoms with E-state index in [1.807, 2.05) is 0 Å². The van der Waals surface area contributed by atoms with Gasteiger partial charge >= 0.3 is 5.97 Å². The van der Waals surface area contributed by atoms with Crippen molar-refractivity contribution in [2.24, 2.45) is 11.0 Å². The van der Waals surface area contributed by atoms with Crippen LogP contribution < -0.4 is 4.90 Å². The van der Waals surface area contributed by atoms with Crippen molar-refractivity contribution >= 4 is 35.1 Å². The molecule has 0 saturated carbocycles. The highest BCUT2D eigenvalue weighted by Gasteiger charge is 2.67. The minimum absolute atomic E-state index is 0.0468. The quantitative estimate of drug-likeness (QED) is 0.588. The second kappa shape index (κ2) is 6.01. The average Bonchev–Trinajstić information content (AvgIpc) is 3.00. The molecule has 0 spiro atoms. The topological polar surface area (TPSA) is 96.3 Å². The molecule has 2 unspecified atom stereocenters. The second-order valence-corrected chi connectivity index (χ2v) is 6.07. The van der Waals surface area contributed by atoms with Gasteiger partial charge in [-0.2, -0.15) is 5.10 Å². The molecule has 9 heteroatoms. The Morgan fingerprint density at radius 1 is 1.27 bits per heavy atom. The van der Waals surface area contributed by atoms with Gasteiger partial charge in [0.15, 0.2) is 11.3 Å². The molecule has 2 aliphatic rings. The first kappa shape index (κ1) is 17.7. The normalized spacial score (nSPS) is 24.6. The molecule has 0 aliphatic carbocycles. The summed E-state index contributed by atoms with van der Waals surface area (Å²) < 4.78 is 18.1. The van der Waals surface area contributed by atoms with Gasteiger partial charge in [0.05, 0.1) is 12.3 Å². The second-order valence-electron chi connectivity index (χ2n) is 6.07. The van der Waals surface area contributed by atoms with Gasteiger partial charge in [0.1, 0.15) is 11.7 Å². The summed E-state index contributed by atoms with van der Waals surface area (Å²) in [6, 6.07) is 4.76. The predicted molar refractivity (Wildman–Crippen MR) is 87.4 cm³/mol. The van der Waals surface area contributed by atoms with Crippen LogP contribution in [0.4, 0.5) is 10.1 Å². The van der Waals surface area contributed by atoms with Crippen molar-refractivity contribution in [2.45, 2.75) is 26.3 Å². The number of fused-ring (bicyclic) bond motifs is 1. The van der Waals surface area contributed by atoms with E-state index in [-0.39, 0.29) is 18.0 Å². The Kier molecular flexibility index (Phi) is 4.09. The van der Waals surface area contributed by atoms with Crippen LogP contribution in [-0.4, -0.2) is 46.6 Å². The first-order chi connectivity index (χ1) is 12.2. The van der Waals surface area contributed by atoms with Gasteiger partial charge in [0.2, 0.25) is 11.8 Å². The highest BCUT2D eigenvalue weighted by Crippen LogP contribution is 2.43. The monoisotopic (exact) mass is 361 g/mol. The Labute approximate surface area is 148 Å². The maximum Gasteiger partial charge on any atom is 0.355 e. The Balaban J connectivity index is 2.11. The SMILES string of the molecule is CCOC(=O)C1=NN(C(C)=O)C2(C)C(=O)N(c3ccc(F)cc3)C(=O)C12. The number of amides is 3. The third-order valence-electron chi connectivity index (χ3n) is 4.45. The van der Waals surface area contributed by atoms with E-state index in [2.05, 4.69) is 5.10 Å². The lowest BCUT2D eigenvalue weighted by atomic mass is 9.85. The smallest absolute Gasteiger partial charge is 0.355 e. The summed E-state index contributed by atoms with van der Waals surface area (Å²) >= 11 is 0. The van der Waals surface area contributed by atoms with Crippen LogP contribution in [-0.2, 0) is 23.9 Å².